The van der Waals surface area contributed by atoms with E-state index in [-0.39, 0.29) is 12.0 Å². The highest BCUT2D eigenvalue weighted by molar-refractivity contribution is 5.72. The molecular formula is C18H26N6O2. The zero-order chi connectivity index (χ0) is 18.4. The van der Waals surface area contributed by atoms with Crippen LogP contribution in [0.3, 0.4) is 0 Å². The number of hydrogen-bond donors (Lipinski definition) is 1. The van der Waals surface area contributed by atoms with Crippen molar-refractivity contribution in [3.63, 3.8) is 0 Å². The minimum Gasteiger partial charge on any atom is -0.368 e. The van der Waals surface area contributed by atoms with E-state index in [0.717, 1.165) is 38.3 Å². The van der Waals surface area contributed by atoms with Crippen LogP contribution in [-0.2, 0) is 29.2 Å². The average molecular weight is 358 g/mol. The molecule has 0 unspecified atom stereocenters. The molecule has 8 nitrogen and oxygen atoms in total. The number of rotatable bonds is 7. The molecule has 1 aliphatic heterocycles. The Hall–Kier alpha value is -2.32. The van der Waals surface area contributed by atoms with Crippen molar-refractivity contribution in [2.75, 3.05) is 19.7 Å². The van der Waals surface area contributed by atoms with E-state index in [0.29, 0.717) is 19.0 Å². The highest BCUT2D eigenvalue weighted by Gasteiger charge is 2.24. The summed E-state index contributed by atoms with van der Waals surface area (Å²) in [6, 6.07) is 1.81. The summed E-state index contributed by atoms with van der Waals surface area (Å²) in [7, 11) is 0. The average Bonchev–Trinajstić information content (AvgIpc) is 3.08. The van der Waals surface area contributed by atoms with Gasteiger partial charge in [-0.15, -0.1) is 0 Å². The van der Waals surface area contributed by atoms with Crippen LogP contribution in [0.5, 0.6) is 0 Å². The molecule has 0 aliphatic carbocycles. The van der Waals surface area contributed by atoms with Gasteiger partial charge < -0.3 is 10.1 Å². The number of aryl methyl sites for hydroxylation is 1. The Balaban J connectivity index is 1.60. The first-order valence-corrected chi connectivity index (χ1v) is 9.05. The van der Waals surface area contributed by atoms with E-state index in [2.05, 4.69) is 38.4 Å². The summed E-state index contributed by atoms with van der Waals surface area (Å²) in [4.78, 5) is 22.3. The molecule has 1 N–H and O–H groups in total. The predicted octanol–water partition coefficient (Wildman–Crippen LogP) is 1.29. The maximum Gasteiger partial charge on any atom is 0.217 e. The van der Waals surface area contributed by atoms with Crippen molar-refractivity contribution in [1.82, 2.24) is 30.0 Å². The van der Waals surface area contributed by atoms with Gasteiger partial charge in [0.05, 0.1) is 25.0 Å². The van der Waals surface area contributed by atoms with Crippen LogP contribution in [0.4, 0.5) is 0 Å². The molecule has 26 heavy (non-hydrogen) atoms. The maximum absolute atomic E-state index is 11.1. The fourth-order valence-corrected chi connectivity index (χ4v) is 2.98. The van der Waals surface area contributed by atoms with Gasteiger partial charge in [0, 0.05) is 51.1 Å². The van der Waals surface area contributed by atoms with Gasteiger partial charge in [-0.05, 0) is 12.5 Å². The molecule has 8 heteroatoms. The second-order valence-corrected chi connectivity index (χ2v) is 6.52. The quantitative estimate of drug-likeness (QED) is 0.803. The predicted molar refractivity (Wildman–Crippen MR) is 96.0 cm³/mol. The van der Waals surface area contributed by atoms with Gasteiger partial charge in [-0.25, -0.2) is 9.97 Å². The fourth-order valence-electron chi connectivity index (χ4n) is 2.98. The maximum atomic E-state index is 11.1. The first kappa shape index (κ1) is 18.5. The lowest BCUT2D eigenvalue weighted by Crippen LogP contribution is -2.38. The molecule has 3 heterocycles. The van der Waals surface area contributed by atoms with E-state index in [1.165, 1.54) is 12.5 Å². The minimum atomic E-state index is -0.160. The molecule has 1 fully saturated rings. The zero-order valence-corrected chi connectivity index (χ0v) is 15.4. The Morgan fingerprint density at radius 3 is 3.15 bits per heavy atom. The van der Waals surface area contributed by atoms with Crippen molar-refractivity contribution in [2.24, 2.45) is 0 Å². The highest BCUT2D eigenvalue weighted by atomic mass is 16.5. The van der Waals surface area contributed by atoms with Gasteiger partial charge in [0.25, 0.3) is 0 Å². The van der Waals surface area contributed by atoms with Gasteiger partial charge in [0.15, 0.2) is 5.82 Å². The van der Waals surface area contributed by atoms with Crippen LogP contribution in [0.15, 0.2) is 24.7 Å². The molecular weight excluding hydrogens is 332 g/mol. The number of aromatic nitrogens is 4. The number of amides is 1. The lowest BCUT2D eigenvalue weighted by molar-refractivity contribution is -0.119. The number of ether oxygens (including phenoxy) is 1. The Labute approximate surface area is 153 Å². The first-order chi connectivity index (χ1) is 12.6. The molecule has 0 bridgehead atoms. The zero-order valence-electron chi connectivity index (χ0n) is 15.4. The molecule has 1 amide bonds. The third kappa shape index (κ3) is 5.09. The smallest absolute Gasteiger partial charge is 0.217 e. The van der Waals surface area contributed by atoms with E-state index in [1.807, 2.05) is 16.9 Å². The standard InChI is InChI=1S/C18H26N6O2/c1-3-6-24-12-15(9-21-24)11-23-7-8-26-17(13-23)18-19-5-4-16(22-18)10-20-14(2)25/h4-5,9,12,17H,3,6-8,10-11,13H2,1-2H3,(H,20,25)/t17-/m0/s1. The summed E-state index contributed by atoms with van der Waals surface area (Å²) < 4.78 is 7.87. The number of nitrogens with one attached hydrogen (secondary N) is 1. The Bertz CT molecular complexity index is 732. The fraction of sp³-hybridized carbons (Fsp3) is 0.556. The third-order valence-electron chi connectivity index (χ3n) is 4.23. The molecule has 0 aromatic carbocycles. The molecule has 2 aromatic heterocycles. The van der Waals surface area contributed by atoms with Crippen LogP contribution < -0.4 is 5.32 Å². The Kier molecular flexibility index (Phi) is 6.30. The number of carbonyl (C=O) groups is 1. The topological polar surface area (TPSA) is 85.2 Å². The van der Waals surface area contributed by atoms with E-state index >= 15 is 0 Å². The van der Waals surface area contributed by atoms with Gasteiger partial charge in [0.1, 0.15) is 6.10 Å². The molecule has 2 aromatic rings. The van der Waals surface area contributed by atoms with E-state index < -0.39 is 0 Å². The SMILES string of the molecule is CCCn1cc(CN2CCO[C@H](c3nccc(CNC(C)=O)n3)C2)cn1. The number of carbonyl (C=O) groups excluding carboxylic acids is 1. The highest BCUT2D eigenvalue weighted by Crippen LogP contribution is 2.20. The van der Waals surface area contributed by atoms with Gasteiger partial charge in [-0.3, -0.25) is 14.4 Å². The van der Waals surface area contributed by atoms with Gasteiger partial charge in [0.2, 0.25) is 5.91 Å². The van der Waals surface area contributed by atoms with Gasteiger partial charge in [-0.2, -0.15) is 5.10 Å². The minimum absolute atomic E-state index is 0.0751. The second kappa shape index (κ2) is 8.86. The molecule has 1 atom stereocenters. The third-order valence-corrected chi connectivity index (χ3v) is 4.23. The lowest BCUT2D eigenvalue weighted by atomic mass is 10.2. The van der Waals surface area contributed by atoms with Crippen LogP contribution in [0, 0.1) is 0 Å². The van der Waals surface area contributed by atoms with Gasteiger partial charge in [-0.1, -0.05) is 6.92 Å². The van der Waals surface area contributed by atoms with Crippen molar-refractivity contribution in [1.29, 1.82) is 0 Å². The number of hydrogen-bond acceptors (Lipinski definition) is 6. The van der Waals surface area contributed by atoms with Crippen molar-refractivity contribution < 1.29 is 9.53 Å². The van der Waals surface area contributed by atoms with Crippen molar-refractivity contribution in [2.45, 2.75) is 46.0 Å². The summed E-state index contributed by atoms with van der Waals surface area (Å²) in [5.41, 5.74) is 1.99. The summed E-state index contributed by atoms with van der Waals surface area (Å²) in [5, 5.41) is 7.15. The Morgan fingerprint density at radius 1 is 1.46 bits per heavy atom. The van der Waals surface area contributed by atoms with Gasteiger partial charge >= 0.3 is 0 Å². The van der Waals surface area contributed by atoms with Crippen LogP contribution >= 0.6 is 0 Å². The van der Waals surface area contributed by atoms with Crippen LogP contribution in [0.2, 0.25) is 0 Å². The van der Waals surface area contributed by atoms with Crippen LogP contribution in [-0.4, -0.2) is 50.3 Å². The molecule has 3 rings (SSSR count). The van der Waals surface area contributed by atoms with Crippen molar-refractivity contribution in [3.05, 3.63) is 41.7 Å². The largest absolute Gasteiger partial charge is 0.368 e. The summed E-state index contributed by atoms with van der Waals surface area (Å²) >= 11 is 0. The first-order valence-electron chi connectivity index (χ1n) is 9.05. The summed E-state index contributed by atoms with van der Waals surface area (Å²) in [6.45, 7) is 8.09. The lowest BCUT2D eigenvalue weighted by Gasteiger charge is -2.31. The second-order valence-electron chi connectivity index (χ2n) is 6.52. The van der Waals surface area contributed by atoms with Crippen molar-refractivity contribution in [3.8, 4) is 0 Å². The van der Waals surface area contributed by atoms with E-state index in [1.54, 1.807) is 6.20 Å². The van der Waals surface area contributed by atoms with Crippen LogP contribution in [0.25, 0.3) is 0 Å². The van der Waals surface area contributed by atoms with E-state index in [9.17, 15) is 4.79 Å². The van der Waals surface area contributed by atoms with Crippen molar-refractivity contribution >= 4 is 5.91 Å². The molecule has 0 radical (unpaired) electrons. The van der Waals surface area contributed by atoms with Crippen LogP contribution in [0.1, 0.15) is 43.5 Å². The Morgan fingerprint density at radius 2 is 2.35 bits per heavy atom. The number of nitrogens with zero attached hydrogens (tertiary/aromatic N) is 5. The molecule has 0 spiro atoms. The molecule has 140 valence electrons. The van der Waals surface area contributed by atoms with E-state index in [4.69, 9.17) is 4.74 Å². The molecule has 1 aliphatic rings. The number of morpholine rings is 1. The summed E-state index contributed by atoms with van der Waals surface area (Å²) in [5.74, 6) is 0.591. The normalized spacial score (nSPS) is 18.0. The summed E-state index contributed by atoms with van der Waals surface area (Å²) in [6.07, 6.45) is 6.68. The molecule has 1 saturated heterocycles. The molecule has 0 saturated carbocycles. The monoisotopic (exact) mass is 358 g/mol.